The Hall–Kier alpha value is -0.910. The second-order valence-corrected chi connectivity index (χ2v) is 5.70. The van der Waals surface area contributed by atoms with Crippen molar-refractivity contribution < 1.29 is 9.47 Å². The molecule has 0 heterocycles. The van der Waals surface area contributed by atoms with Gasteiger partial charge in [0.15, 0.2) is 6.10 Å². The second kappa shape index (κ2) is 7.76. The standard InChI is InChI=1S/C14H20BrClN2O2/c1-5-18(3)8-14(9(2)19-4)20-13-6-10(15)11(16)7-12(13)17/h6-7,14H,2,5,8,17H2,1,3-4H3. The second-order valence-electron chi connectivity index (χ2n) is 4.44. The van der Waals surface area contributed by atoms with Crippen LogP contribution >= 0.6 is 27.5 Å². The van der Waals surface area contributed by atoms with Gasteiger partial charge in [0.2, 0.25) is 0 Å². The lowest BCUT2D eigenvalue weighted by atomic mass is 10.2. The summed E-state index contributed by atoms with van der Waals surface area (Å²) in [7, 11) is 3.58. The van der Waals surface area contributed by atoms with Crippen LogP contribution in [0.25, 0.3) is 0 Å². The SMILES string of the molecule is C=C(OC)C(CN(C)CC)Oc1cc(Br)c(Cl)cc1N. The number of hydrogen-bond acceptors (Lipinski definition) is 4. The maximum Gasteiger partial charge on any atom is 0.167 e. The summed E-state index contributed by atoms with van der Waals surface area (Å²) in [5.74, 6) is 1.10. The van der Waals surface area contributed by atoms with Crippen LogP contribution in [0.2, 0.25) is 5.02 Å². The predicted octanol–water partition coefficient (Wildman–Crippen LogP) is 3.54. The minimum atomic E-state index is -0.305. The highest BCUT2D eigenvalue weighted by molar-refractivity contribution is 9.10. The van der Waals surface area contributed by atoms with Crippen LogP contribution in [0.5, 0.6) is 5.75 Å². The van der Waals surface area contributed by atoms with E-state index in [4.69, 9.17) is 26.8 Å². The Morgan fingerprint density at radius 2 is 2.20 bits per heavy atom. The molecule has 0 spiro atoms. The summed E-state index contributed by atoms with van der Waals surface area (Å²) in [6.07, 6.45) is -0.305. The molecule has 6 heteroatoms. The smallest absolute Gasteiger partial charge is 0.167 e. The molecule has 0 saturated carbocycles. The Morgan fingerprint density at radius 3 is 2.75 bits per heavy atom. The number of nitrogen functional groups attached to an aromatic ring is 1. The third kappa shape index (κ3) is 4.58. The molecule has 2 N–H and O–H groups in total. The van der Waals surface area contributed by atoms with Crippen molar-refractivity contribution in [3.63, 3.8) is 0 Å². The number of anilines is 1. The molecule has 20 heavy (non-hydrogen) atoms. The van der Waals surface area contributed by atoms with Crippen molar-refractivity contribution in [1.29, 1.82) is 0 Å². The molecule has 0 aliphatic rings. The highest BCUT2D eigenvalue weighted by Gasteiger charge is 2.19. The van der Waals surface area contributed by atoms with Gasteiger partial charge in [-0.25, -0.2) is 0 Å². The fourth-order valence-electron chi connectivity index (χ4n) is 1.55. The quantitative estimate of drug-likeness (QED) is 0.594. The number of hydrogen-bond donors (Lipinski definition) is 1. The number of methoxy groups -OCH3 is 1. The van der Waals surface area contributed by atoms with Gasteiger partial charge in [-0.05, 0) is 41.7 Å². The molecular formula is C14H20BrClN2O2. The zero-order chi connectivity index (χ0) is 15.3. The molecule has 0 aromatic heterocycles. The third-order valence-corrected chi connectivity index (χ3v) is 4.16. The summed E-state index contributed by atoms with van der Waals surface area (Å²) in [6.45, 7) is 7.50. The van der Waals surface area contributed by atoms with Gasteiger partial charge < -0.3 is 20.1 Å². The van der Waals surface area contributed by atoms with E-state index in [1.54, 1.807) is 19.2 Å². The zero-order valence-electron chi connectivity index (χ0n) is 12.0. The molecular weight excluding hydrogens is 344 g/mol. The van der Waals surface area contributed by atoms with E-state index in [1.807, 2.05) is 7.05 Å². The van der Waals surface area contributed by atoms with Gasteiger partial charge in [-0.1, -0.05) is 25.1 Å². The summed E-state index contributed by atoms with van der Waals surface area (Å²) < 4.78 is 11.9. The van der Waals surface area contributed by atoms with Crippen LogP contribution in [0.1, 0.15) is 6.92 Å². The Labute approximate surface area is 133 Å². The zero-order valence-corrected chi connectivity index (χ0v) is 14.3. The fraction of sp³-hybridized carbons (Fsp3) is 0.429. The van der Waals surface area contributed by atoms with Crippen molar-refractivity contribution >= 4 is 33.2 Å². The average molecular weight is 364 g/mol. The van der Waals surface area contributed by atoms with Gasteiger partial charge in [-0.3, -0.25) is 0 Å². The van der Waals surface area contributed by atoms with Crippen LogP contribution in [0, 0.1) is 0 Å². The number of ether oxygens (including phenoxy) is 2. The van der Waals surface area contributed by atoms with Crippen molar-refractivity contribution in [3.05, 3.63) is 34.0 Å². The molecule has 1 atom stereocenters. The van der Waals surface area contributed by atoms with Gasteiger partial charge in [0.1, 0.15) is 11.5 Å². The van der Waals surface area contributed by atoms with E-state index in [1.165, 1.54) is 0 Å². The van der Waals surface area contributed by atoms with Gasteiger partial charge in [-0.15, -0.1) is 0 Å². The summed E-state index contributed by atoms with van der Waals surface area (Å²) >= 11 is 9.34. The molecule has 4 nitrogen and oxygen atoms in total. The Bertz CT molecular complexity index is 482. The van der Waals surface area contributed by atoms with Crippen molar-refractivity contribution in [2.75, 3.05) is 33.0 Å². The van der Waals surface area contributed by atoms with Gasteiger partial charge in [0.05, 0.1) is 17.8 Å². The molecule has 0 bridgehead atoms. The molecule has 0 radical (unpaired) electrons. The first-order chi connectivity index (χ1) is 9.38. The van der Waals surface area contributed by atoms with Gasteiger partial charge in [-0.2, -0.15) is 0 Å². The fourth-order valence-corrected chi connectivity index (χ4v) is 2.04. The normalized spacial score (nSPS) is 12.3. The molecule has 0 amide bonds. The first-order valence-electron chi connectivity index (χ1n) is 6.21. The number of rotatable bonds is 7. The van der Waals surface area contributed by atoms with Crippen molar-refractivity contribution in [1.82, 2.24) is 4.90 Å². The average Bonchev–Trinajstić information content (AvgIpc) is 2.42. The molecule has 0 aliphatic heterocycles. The van der Waals surface area contributed by atoms with E-state index < -0.39 is 0 Å². The number of likely N-dealkylation sites (N-methyl/N-ethyl adjacent to an activating group) is 1. The third-order valence-electron chi connectivity index (χ3n) is 2.96. The molecule has 1 aromatic carbocycles. The highest BCUT2D eigenvalue weighted by Crippen LogP contribution is 2.33. The minimum Gasteiger partial charge on any atom is -0.498 e. The van der Waals surface area contributed by atoms with Crippen LogP contribution in [0.15, 0.2) is 28.9 Å². The first kappa shape index (κ1) is 17.1. The van der Waals surface area contributed by atoms with E-state index in [0.717, 1.165) is 11.0 Å². The molecule has 0 fully saturated rings. The van der Waals surface area contributed by atoms with E-state index >= 15 is 0 Å². The molecule has 0 saturated heterocycles. The maximum absolute atomic E-state index is 5.99. The summed E-state index contributed by atoms with van der Waals surface area (Å²) in [4.78, 5) is 2.11. The van der Waals surface area contributed by atoms with Crippen molar-refractivity contribution in [2.24, 2.45) is 0 Å². The Kier molecular flexibility index (Phi) is 6.65. The van der Waals surface area contributed by atoms with Gasteiger partial charge >= 0.3 is 0 Å². The molecule has 1 unspecified atom stereocenters. The molecule has 1 aromatic rings. The maximum atomic E-state index is 5.99. The van der Waals surface area contributed by atoms with E-state index in [9.17, 15) is 0 Å². The Morgan fingerprint density at radius 1 is 1.55 bits per heavy atom. The summed E-state index contributed by atoms with van der Waals surface area (Å²) in [5, 5.41) is 0.544. The summed E-state index contributed by atoms with van der Waals surface area (Å²) in [5.41, 5.74) is 6.41. The molecule has 1 rings (SSSR count). The van der Waals surface area contributed by atoms with E-state index in [-0.39, 0.29) is 6.10 Å². The largest absolute Gasteiger partial charge is 0.498 e. The number of nitrogens with two attached hydrogens (primary N) is 1. The predicted molar refractivity (Wildman–Crippen MR) is 87.3 cm³/mol. The number of halogens is 2. The van der Waals surface area contributed by atoms with Crippen LogP contribution in [-0.2, 0) is 4.74 Å². The lowest BCUT2D eigenvalue weighted by Gasteiger charge is -2.25. The Balaban J connectivity index is 2.94. The van der Waals surface area contributed by atoms with Gasteiger partial charge in [0.25, 0.3) is 0 Å². The molecule has 112 valence electrons. The minimum absolute atomic E-state index is 0.305. The monoisotopic (exact) mass is 362 g/mol. The van der Waals surface area contributed by atoms with Crippen LogP contribution in [0.3, 0.4) is 0 Å². The first-order valence-corrected chi connectivity index (χ1v) is 7.38. The van der Waals surface area contributed by atoms with Crippen molar-refractivity contribution in [2.45, 2.75) is 13.0 Å². The summed E-state index contributed by atoms with van der Waals surface area (Å²) in [6, 6.07) is 3.40. The van der Waals surface area contributed by atoms with E-state index in [2.05, 4.69) is 34.3 Å². The molecule has 0 aliphatic carbocycles. The number of nitrogens with zero attached hydrogens (tertiary/aromatic N) is 1. The van der Waals surface area contributed by atoms with Crippen LogP contribution < -0.4 is 10.5 Å². The van der Waals surface area contributed by atoms with Crippen LogP contribution in [0.4, 0.5) is 5.69 Å². The van der Waals surface area contributed by atoms with Crippen LogP contribution in [-0.4, -0.2) is 38.3 Å². The van der Waals surface area contributed by atoms with Gasteiger partial charge in [0, 0.05) is 11.0 Å². The lowest BCUT2D eigenvalue weighted by Crippen LogP contribution is -2.34. The number of benzene rings is 1. The van der Waals surface area contributed by atoms with E-state index in [0.29, 0.717) is 28.8 Å². The van der Waals surface area contributed by atoms with Crippen molar-refractivity contribution in [3.8, 4) is 5.75 Å². The lowest BCUT2D eigenvalue weighted by molar-refractivity contribution is 0.118. The topological polar surface area (TPSA) is 47.7 Å². The highest BCUT2D eigenvalue weighted by atomic mass is 79.9.